The quantitative estimate of drug-likeness (QED) is 0.829. The number of hydrogen-bond donors (Lipinski definition) is 0. The Hall–Kier alpha value is -1.58. The van der Waals surface area contributed by atoms with E-state index in [4.69, 9.17) is 0 Å². The van der Waals surface area contributed by atoms with Crippen LogP contribution in [-0.2, 0) is 13.6 Å². The van der Waals surface area contributed by atoms with Crippen molar-refractivity contribution in [2.45, 2.75) is 39.2 Å². The summed E-state index contributed by atoms with van der Waals surface area (Å²) in [5, 5.41) is 4.25. The number of aryl methyl sites for hydroxylation is 1. The molecule has 2 aromatic rings. The van der Waals surface area contributed by atoms with Gasteiger partial charge in [0, 0.05) is 31.7 Å². The molecule has 0 amide bonds. The molecule has 4 nitrogen and oxygen atoms in total. The minimum absolute atomic E-state index is 0.515. The minimum Gasteiger partial charge on any atom is -0.327 e. The van der Waals surface area contributed by atoms with Crippen molar-refractivity contribution in [1.82, 2.24) is 19.3 Å². The van der Waals surface area contributed by atoms with Crippen molar-refractivity contribution in [3.63, 3.8) is 0 Å². The van der Waals surface area contributed by atoms with E-state index in [1.165, 1.54) is 18.5 Å². The van der Waals surface area contributed by atoms with E-state index < -0.39 is 0 Å². The van der Waals surface area contributed by atoms with E-state index in [1.807, 2.05) is 30.3 Å². The maximum Gasteiger partial charge on any atom is 0.143 e. The highest BCUT2D eigenvalue weighted by molar-refractivity contribution is 5.54. The lowest BCUT2D eigenvalue weighted by molar-refractivity contribution is 0.590. The van der Waals surface area contributed by atoms with Gasteiger partial charge in [0.15, 0.2) is 0 Å². The molecule has 0 radical (unpaired) electrons. The molecule has 3 rings (SSSR count). The van der Waals surface area contributed by atoms with Crippen LogP contribution in [0.2, 0.25) is 0 Å². The third-order valence-corrected chi connectivity index (χ3v) is 3.58. The third kappa shape index (κ3) is 2.07. The first-order valence-electron chi connectivity index (χ1n) is 6.69. The lowest BCUT2D eigenvalue weighted by Crippen LogP contribution is -2.07. The molecule has 0 unspecified atom stereocenters. The van der Waals surface area contributed by atoms with E-state index in [1.54, 1.807) is 0 Å². The molecular formula is C14H20N4. The maximum atomic E-state index is 4.61. The summed E-state index contributed by atoms with van der Waals surface area (Å²) >= 11 is 0. The molecule has 2 aromatic heterocycles. The molecule has 1 fully saturated rings. The second-order valence-corrected chi connectivity index (χ2v) is 5.62. The Bertz CT molecular complexity index is 546. The molecular weight excluding hydrogens is 224 g/mol. The summed E-state index contributed by atoms with van der Waals surface area (Å²) in [6, 6.07) is 0. The highest BCUT2D eigenvalue weighted by Gasteiger charge is 2.25. The monoisotopic (exact) mass is 244 g/mol. The molecule has 0 atom stereocenters. The molecule has 18 heavy (non-hydrogen) atoms. The molecule has 2 heterocycles. The van der Waals surface area contributed by atoms with Gasteiger partial charge in [-0.2, -0.15) is 5.10 Å². The van der Waals surface area contributed by atoms with Gasteiger partial charge in [0.25, 0.3) is 0 Å². The van der Waals surface area contributed by atoms with Crippen molar-refractivity contribution in [1.29, 1.82) is 0 Å². The van der Waals surface area contributed by atoms with Crippen molar-refractivity contribution in [2.75, 3.05) is 0 Å². The van der Waals surface area contributed by atoms with Gasteiger partial charge in [-0.3, -0.25) is 4.68 Å². The lowest BCUT2D eigenvalue weighted by Gasteiger charge is -2.12. The third-order valence-electron chi connectivity index (χ3n) is 3.58. The first-order valence-corrected chi connectivity index (χ1v) is 6.69. The van der Waals surface area contributed by atoms with Crippen LogP contribution in [-0.4, -0.2) is 19.3 Å². The summed E-state index contributed by atoms with van der Waals surface area (Å²) in [6.45, 7) is 5.57. The zero-order valence-corrected chi connectivity index (χ0v) is 11.3. The average molecular weight is 244 g/mol. The highest BCUT2D eigenvalue weighted by Crippen LogP contribution is 2.34. The van der Waals surface area contributed by atoms with E-state index in [0.717, 1.165) is 23.9 Å². The molecule has 0 N–H and O–H groups in total. The Kier molecular flexibility index (Phi) is 2.73. The predicted octanol–water partition coefficient (Wildman–Crippen LogP) is 2.82. The van der Waals surface area contributed by atoms with Gasteiger partial charge < -0.3 is 4.57 Å². The van der Waals surface area contributed by atoms with Crippen LogP contribution in [0, 0.1) is 5.92 Å². The average Bonchev–Trinajstić information content (AvgIpc) is 2.85. The van der Waals surface area contributed by atoms with Gasteiger partial charge in [-0.05, 0) is 24.7 Å². The van der Waals surface area contributed by atoms with Crippen LogP contribution in [0.3, 0.4) is 0 Å². The number of hydrogen-bond acceptors (Lipinski definition) is 2. The lowest BCUT2D eigenvalue weighted by atomic mass is 10.1. The molecule has 96 valence electrons. The summed E-state index contributed by atoms with van der Waals surface area (Å²) < 4.78 is 4.22. The molecule has 1 aliphatic carbocycles. The Labute approximate surface area is 108 Å². The van der Waals surface area contributed by atoms with Crippen molar-refractivity contribution < 1.29 is 0 Å². The summed E-state index contributed by atoms with van der Waals surface area (Å²) in [6.07, 6.45) is 8.69. The fourth-order valence-corrected chi connectivity index (χ4v) is 2.37. The summed E-state index contributed by atoms with van der Waals surface area (Å²) in [7, 11) is 1.95. The van der Waals surface area contributed by atoms with E-state index >= 15 is 0 Å². The van der Waals surface area contributed by atoms with Crippen LogP contribution in [0.15, 0.2) is 18.6 Å². The number of nitrogens with zero attached hydrogens (tertiary/aromatic N) is 4. The Morgan fingerprint density at radius 1 is 1.33 bits per heavy atom. The van der Waals surface area contributed by atoms with E-state index in [0.29, 0.717) is 5.92 Å². The van der Waals surface area contributed by atoms with Crippen LogP contribution in [0.5, 0.6) is 0 Å². The molecule has 1 aliphatic rings. The molecule has 0 saturated heterocycles. The Morgan fingerprint density at radius 2 is 2.11 bits per heavy atom. The fourth-order valence-electron chi connectivity index (χ4n) is 2.37. The van der Waals surface area contributed by atoms with Crippen molar-refractivity contribution in [2.24, 2.45) is 13.0 Å². The molecule has 0 aromatic carbocycles. The Morgan fingerprint density at radius 3 is 2.67 bits per heavy atom. The second-order valence-electron chi connectivity index (χ2n) is 5.62. The Balaban J connectivity index is 2.02. The first kappa shape index (κ1) is 11.5. The number of imidazole rings is 1. The largest absolute Gasteiger partial charge is 0.327 e. The van der Waals surface area contributed by atoms with Crippen LogP contribution in [0.25, 0.3) is 11.4 Å². The van der Waals surface area contributed by atoms with Gasteiger partial charge >= 0.3 is 0 Å². The van der Waals surface area contributed by atoms with Gasteiger partial charge in [-0.25, -0.2) is 4.98 Å². The van der Waals surface area contributed by atoms with Crippen molar-refractivity contribution in [3.8, 4) is 11.4 Å². The smallest absolute Gasteiger partial charge is 0.143 e. The van der Waals surface area contributed by atoms with E-state index in [2.05, 4.69) is 28.5 Å². The second kappa shape index (κ2) is 4.26. The predicted molar refractivity (Wildman–Crippen MR) is 71.2 cm³/mol. The van der Waals surface area contributed by atoms with Gasteiger partial charge in [0.05, 0.1) is 11.8 Å². The van der Waals surface area contributed by atoms with Gasteiger partial charge in [0.2, 0.25) is 0 Å². The topological polar surface area (TPSA) is 35.6 Å². The van der Waals surface area contributed by atoms with E-state index in [-0.39, 0.29) is 0 Å². The minimum atomic E-state index is 0.515. The summed E-state index contributed by atoms with van der Waals surface area (Å²) in [5.74, 6) is 2.44. The van der Waals surface area contributed by atoms with Crippen LogP contribution in [0.4, 0.5) is 0 Å². The highest BCUT2D eigenvalue weighted by atomic mass is 15.2. The number of aromatic nitrogens is 4. The van der Waals surface area contributed by atoms with Crippen LogP contribution in [0.1, 0.15) is 38.3 Å². The van der Waals surface area contributed by atoms with Gasteiger partial charge in [-0.15, -0.1) is 0 Å². The summed E-state index contributed by atoms with van der Waals surface area (Å²) in [4.78, 5) is 4.61. The molecule has 1 saturated carbocycles. The molecule has 0 bridgehead atoms. The summed E-state index contributed by atoms with van der Waals surface area (Å²) in [5.41, 5.74) is 2.45. The zero-order chi connectivity index (χ0) is 12.7. The van der Waals surface area contributed by atoms with Gasteiger partial charge in [-0.1, -0.05) is 13.8 Å². The first-order chi connectivity index (χ1) is 8.65. The zero-order valence-electron chi connectivity index (χ0n) is 11.3. The van der Waals surface area contributed by atoms with Crippen LogP contribution < -0.4 is 0 Å². The van der Waals surface area contributed by atoms with E-state index in [9.17, 15) is 0 Å². The van der Waals surface area contributed by atoms with Crippen molar-refractivity contribution in [3.05, 3.63) is 24.3 Å². The molecule has 0 spiro atoms. The molecule has 4 heteroatoms. The number of rotatable bonds is 4. The molecule has 0 aliphatic heterocycles. The standard InChI is InChI=1S/C14H20N4/c1-10(2)13-7-15-14(12-6-16-17(3)9-12)18(13)8-11-4-5-11/h6-7,9-11H,4-5,8H2,1-3H3. The van der Waals surface area contributed by atoms with Crippen molar-refractivity contribution >= 4 is 0 Å². The van der Waals surface area contributed by atoms with Gasteiger partial charge in [0.1, 0.15) is 5.82 Å². The fraction of sp³-hybridized carbons (Fsp3) is 0.571. The normalized spacial score (nSPS) is 15.6. The SMILES string of the molecule is CC(C)c1cnc(-c2cnn(C)c2)n1CC1CC1. The van der Waals surface area contributed by atoms with Crippen LogP contribution >= 0.6 is 0 Å². The maximum absolute atomic E-state index is 4.61.